The van der Waals surface area contributed by atoms with E-state index in [0.717, 1.165) is 33.4 Å². The summed E-state index contributed by atoms with van der Waals surface area (Å²) >= 11 is 0. The van der Waals surface area contributed by atoms with Crippen molar-refractivity contribution >= 4 is 5.97 Å². The van der Waals surface area contributed by atoms with Crippen LogP contribution in [0.5, 0.6) is 11.5 Å². The summed E-state index contributed by atoms with van der Waals surface area (Å²) in [6.07, 6.45) is -8.47. The van der Waals surface area contributed by atoms with E-state index in [-0.39, 0.29) is 50.8 Å². The van der Waals surface area contributed by atoms with Crippen LogP contribution in [0.3, 0.4) is 0 Å². The molecule has 0 aromatic heterocycles. The molecule has 0 aliphatic carbocycles. The number of phenolic OH excluding ortho intramolecular Hbond substituents is 2. The second kappa shape index (κ2) is 25.5. The van der Waals surface area contributed by atoms with Crippen LogP contribution in [0.4, 0.5) is 0 Å². The monoisotopic (exact) mass is 1000 g/mol. The number of phenols is 2. The van der Waals surface area contributed by atoms with Gasteiger partial charge in [0, 0.05) is 11.1 Å². The lowest BCUT2D eigenvalue weighted by molar-refractivity contribution is -0.265. The minimum atomic E-state index is -1.12. The minimum absolute atomic E-state index is 0.125. The van der Waals surface area contributed by atoms with Crippen LogP contribution >= 0.6 is 0 Å². The van der Waals surface area contributed by atoms with Gasteiger partial charge in [-0.15, -0.1) is 0 Å². The molecule has 0 bridgehead atoms. The molecule has 9 rings (SSSR count). The second-order valence-electron chi connectivity index (χ2n) is 18.7. The SMILES string of the molecule is COC(=O)c1c(O)c([C@H]2O[C@@H](C)[C@H](OCc3ccccc3)[C@@H](OCc3ccccc3)[C@H]2OCc2ccccc2)cc([C@H]2O[C@@H](C)[C@H](OCc3ccccc3)[C@@H](OCc3ccccc3)[C@H]2OCc2ccccc2)c1O. The molecule has 10 atom stereocenters. The van der Waals surface area contributed by atoms with Gasteiger partial charge in [-0.25, -0.2) is 4.79 Å². The Balaban J connectivity index is 1.16. The summed E-state index contributed by atoms with van der Waals surface area (Å²) in [6, 6.07) is 60.3. The quantitative estimate of drug-likeness (QED) is 0.0662. The smallest absolute Gasteiger partial charge is 0.345 e. The lowest BCUT2D eigenvalue weighted by Gasteiger charge is -2.47. The number of rotatable bonds is 21. The zero-order chi connectivity index (χ0) is 51.2. The summed E-state index contributed by atoms with van der Waals surface area (Å²) in [6.45, 7) is 4.96. The van der Waals surface area contributed by atoms with Crippen molar-refractivity contribution in [3.8, 4) is 11.5 Å². The van der Waals surface area contributed by atoms with Gasteiger partial charge in [0.15, 0.2) is 0 Å². The number of aromatic hydroxyl groups is 2. The van der Waals surface area contributed by atoms with E-state index in [0.29, 0.717) is 0 Å². The Morgan fingerprint density at radius 1 is 0.392 bits per heavy atom. The van der Waals surface area contributed by atoms with Crippen molar-refractivity contribution in [3.63, 3.8) is 0 Å². The molecule has 2 fully saturated rings. The Labute approximate surface area is 433 Å². The van der Waals surface area contributed by atoms with E-state index >= 15 is 0 Å². The van der Waals surface area contributed by atoms with Crippen LogP contribution in [0.2, 0.25) is 0 Å². The van der Waals surface area contributed by atoms with Crippen molar-refractivity contribution < 1.29 is 57.6 Å². The largest absolute Gasteiger partial charge is 0.507 e. The Kier molecular flexibility index (Phi) is 18.0. The molecule has 0 amide bonds. The molecule has 0 saturated carbocycles. The highest BCUT2D eigenvalue weighted by molar-refractivity contribution is 5.96. The maximum absolute atomic E-state index is 14.1. The number of esters is 1. The van der Waals surface area contributed by atoms with Gasteiger partial charge >= 0.3 is 5.97 Å². The van der Waals surface area contributed by atoms with Crippen molar-refractivity contribution in [1.29, 1.82) is 0 Å². The highest BCUT2D eigenvalue weighted by Gasteiger charge is 2.52. The predicted octanol–water partition coefficient (Wildman–Crippen LogP) is 11.3. The van der Waals surface area contributed by atoms with Crippen LogP contribution in [-0.2, 0) is 82.3 Å². The molecule has 2 N–H and O–H groups in total. The molecule has 2 saturated heterocycles. The fourth-order valence-electron chi connectivity index (χ4n) is 9.76. The number of ether oxygens (including phenoxy) is 9. The Hall–Kier alpha value is -6.71. The minimum Gasteiger partial charge on any atom is -0.507 e. The van der Waals surface area contributed by atoms with Gasteiger partial charge in [0.2, 0.25) is 0 Å². The van der Waals surface area contributed by atoms with Crippen LogP contribution in [0.1, 0.15) is 80.9 Å². The Morgan fingerprint density at radius 2 is 0.635 bits per heavy atom. The molecule has 74 heavy (non-hydrogen) atoms. The maximum Gasteiger partial charge on any atom is 0.345 e. The van der Waals surface area contributed by atoms with E-state index in [4.69, 9.17) is 42.6 Å². The van der Waals surface area contributed by atoms with E-state index in [2.05, 4.69) is 0 Å². The molecule has 12 heteroatoms. The summed E-state index contributed by atoms with van der Waals surface area (Å²) in [5.41, 5.74) is 5.30. The zero-order valence-electron chi connectivity index (χ0n) is 41.9. The Morgan fingerprint density at radius 3 is 0.892 bits per heavy atom. The number of carbonyl (C=O) groups excluding carboxylic acids is 1. The lowest BCUT2D eigenvalue weighted by Crippen LogP contribution is -2.56. The third-order valence-electron chi connectivity index (χ3n) is 13.6. The molecular weight excluding hydrogens is 937 g/mol. The second-order valence-corrected chi connectivity index (χ2v) is 18.7. The molecule has 384 valence electrons. The van der Waals surface area contributed by atoms with Crippen molar-refractivity contribution in [2.45, 2.75) is 115 Å². The van der Waals surface area contributed by atoms with Crippen LogP contribution in [-0.4, -0.2) is 72.1 Å². The number of hydrogen-bond donors (Lipinski definition) is 2. The summed E-state index contributed by atoms with van der Waals surface area (Å²) in [7, 11) is 1.19. The van der Waals surface area contributed by atoms with E-state index < -0.39 is 84.1 Å². The van der Waals surface area contributed by atoms with Gasteiger partial charge in [-0.3, -0.25) is 0 Å². The number of hydrogen-bond acceptors (Lipinski definition) is 12. The third-order valence-corrected chi connectivity index (χ3v) is 13.6. The van der Waals surface area contributed by atoms with Crippen LogP contribution in [0, 0.1) is 0 Å². The lowest BCUT2D eigenvalue weighted by atomic mass is 9.85. The predicted molar refractivity (Wildman–Crippen MR) is 278 cm³/mol. The van der Waals surface area contributed by atoms with Crippen molar-refractivity contribution in [2.75, 3.05) is 7.11 Å². The summed E-state index contributed by atoms with van der Waals surface area (Å²) in [5.74, 6) is -2.09. The fraction of sp³-hybridized carbons (Fsp3) is 0.306. The molecule has 2 heterocycles. The number of benzene rings is 7. The molecular formula is C62H64O12. The van der Waals surface area contributed by atoms with Crippen LogP contribution in [0.15, 0.2) is 188 Å². The van der Waals surface area contributed by atoms with Gasteiger partial charge in [-0.2, -0.15) is 0 Å². The summed E-state index contributed by atoms with van der Waals surface area (Å²) in [5, 5.41) is 25.0. The molecule has 7 aromatic carbocycles. The van der Waals surface area contributed by atoms with E-state index in [1.54, 1.807) is 6.07 Å². The topological polar surface area (TPSA) is 141 Å². The first-order valence-electron chi connectivity index (χ1n) is 25.2. The van der Waals surface area contributed by atoms with Crippen molar-refractivity contribution in [3.05, 3.63) is 238 Å². The Bertz CT molecular complexity index is 2620. The molecule has 0 radical (unpaired) electrons. The normalized spacial score (nSPS) is 23.8. The van der Waals surface area contributed by atoms with Gasteiger partial charge in [-0.05, 0) is 53.3 Å². The van der Waals surface area contributed by atoms with Crippen LogP contribution in [0.25, 0.3) is 0 Å². The van der Waals surface area contributed by atoms with Gasteiger partial charge in [0.1, 0.15) is 65.9 Å². The highest BCUT2D eigenvalue weighted by atomic mass is 16.6. The van der Waals surface area contributed by atoms with E-state index in [1.165, 1.54) is 7.11 Å². The molecule has 0 spiro atoms. The van der Waals surface area contributed by atoms with Gasteiger partial charge in [-0.1, -0.05) is 182 Å². The van der Waals surface area contributed by atoms with E-state index in [1.807, 2.05) is 196 Å². The number of carbonyl (C=O) groups is 1. The van der Waals surface area contributed by atoms with Gasteiger partial charge < -0.3 is 52.8 Å². The molecule has 0 unspecified atom stereocenters. The number of methoxy groups -OCH3 is 1. The summed E-state index contributed by atoms with van der Waals surface area (Å²) in [4.78, 5) is 14.1. The fourth-order valence-corrected chi connectivity index (χ4v) is 9.76. The summed E-state index contributed by atoms with van der Waals surface area (Å²) < 4.78 is 60.5. The van der Waals surface area contributed by atoms with Gasteiger partial charge in [0.25, 0.3) is 0 Å². The molecule has 12 nitrogen and oxygen atoms in total. The maximum atomic E-state index is 14.1. The molecule has 2 aliphatic heterocycles. The molecule has 2 aliphatic rings. The van der Waals surface area contributed by atoms with Crippen LogP contribution < -0.4 is 0 Å². The molecule has 7 aromatic rings. The van der Waals surface area contributed by atoms with E-state index in [9.17, 15) is 15.0 Å². The zero-order valence-corrected chi connectivity index (χ0v) is 41.9. The first-order valence-corrected chi connectivity index (χ1v) is 25.2. The standard InChI is InChI=1S/C62H64O12/c1-41-54(67-35-43-22-10-4-11-23-43)58(69-37-45-26-14-6-15-27-45)60(71-39-47-30-18-8-19-31-47)56(73-41)49-34-50(53(64)51(52(49)63)62(65)66-3)57-61(72-40-48-32-20-9-21-33-48)59(70-38-46-28-16-7-17-29-46)55(42(2)74-57)68-36-44-24-12-5-13-25-44/h4-34,41-42,54-61,63-64H,35-40H2,1-3H3/t41-,42-,54-,55-,56+,57+,58+,59+,60-,61-/m0/s1. The first kappa shape index (κ1) is 52.2. The van der Waals surface area contributed by atoms with Crippen molar-refractivity contribution in [1.82, 2.24) is 0 Å². The average molecular weight is 1000 g/mol. The third kappa shape index (κ3) is 12.8. The van der Waals surface area contributed by atoms with Crippen molar-refractivity contribution in [2.24, 2.45) is 0 Å². The first-order chi connectivity index (χ1) is 36.2. The van der Waals surface area contributed by atoms with Gasteiger partial charge in [0.05, 0.1) is 59.0 Å². The highest BCUT2D eigenvalue weighted by Crippen LogP contribution is 2.49. The average Bonchev–Trinajstić information content (AvgIpc) is 3.44.